The highest BCUT2D eigenvalue weighted by atomic mass is 79.9. The maximum atomic E-state index is 11.9. The molecule has 0 unspecified atom stereocenters. The summed E-state index contributed by atoms with van der Waals surface area (Å²) in [5.41, 5.74) is 2.03. The second kappa shape index (κ2) is 9.47. The molecule has 2 rings (SSSR count). The molecule has 0 radical (unpaired) electrons. The summed E-state index contributed by atoms with van der Waals surface area (Å²) in [7, 11) is 1.65. The summed E-state index contributed by atoms with van der Waals surface area (Å²) in [4.78, 5) is 11.9. The molecular weight excluding hydrogens is 358 g/mol. The normalized spacial score (nSPS) is 10.7. The van der Waals surface area contributed by atoms with Gasteiger partial charge in [-0.1, -0.05) is 28.1 Å². The van der Waals surface area contributed by atoms with Crippen molar-refractivity contribution in [2.45, 2.75) is 32.2 Å². The fourth-order valence-corrected chi connectivity index (χ4v) is 2.49. The third-order valence-electron chi connectivity index (χ3n) is 3.47. The number of aromatic nitrogens is 2. The van der Waals surface area contributed by atoms with E-state index < -0.39 is 0 Å². The molecule has 0 bridgehead atoms. The minimum absolute atomic E-state index is 0.0343. The number of carbonyl (C=O) groups is 1. The number of rotatable bonds is 9. The number of aryl methyl sites for hydroxylation is 1. The Hall–Kier alpha value is -1.66. The van der Waals surface area contributed by atoms with Gasteiger partial charge in [-0.05, 0) is 37.0 Å². The molecule has 0 saturated carbocycles. The zero-order chi connectivity index (χ0) is 16.5. The summed E-state index contributed by atoms with van der Waals surface area (Å²) < 4.78 is 7.84. The lowest BCUT2D eigenvalue weighted by Gasteiger charge is -2.04. The zero-order valence-corrected chi connectivity index (χ0v) is 14.9. The van der Waals surface area contributed by atoms with Crippen LogP contribution in [0.25, 0.3) is 0 Å². The summed E-state index contributed by atoms with van der Waals surface area (Å²) in [5, 5.41) is 7.04. The number of halogens is 1. The third kappa shape index (κ3) is 6.54. The van der Waals surface area contributed by atoms with Crippen molar-refractivity contribution in [1.82, 2.24) is 9.78 Å². The van der Waals surface area contributed by atoms with E-state index >= 15 is 0 Å². The molecule has 1 aromatic carbocycles. The monoisotopic (exact) mass is 379 g/mol. The highest BCUT2D eigenvalue weighted by Crippen LogP contribution is 2.13. The Morgan fingerprint density at radius 3 is 2.83 bits per heavy atom. The van der Waals surface area contributed by atoms with Crippen molar-refractivity contribution in [3.05, 3.63) is 46.7 Å². The minimum Gasteiger partial charge on any atom is -0.383 e. The molecule has 0 aliphatic heterocycles. The zero-order valence-electron chi connectivity index (χ0n) is 13.3. The number of ether oxygens (including phenoxy) is 1. The van der Waals surface area contributed by atoms with Gasteiger partial charge in [-0.15, -0.1) is 0 Å². The van der Waals surface area contributed by atoms with E-state index in [-0.39, 0.29) is 5.91 Å². The van der Waals surface area contributed by atoms with E-state index in [4.69, 9.17) is 4.74 Å². The van der Waals surface area contributed by atoms with Crippen LogP contribution in [0.15, 0.2) is 41.1 Å². The Morgan fingerprint density at radius 2 is 2.09 bits per heavy atom. The van der Waals surface area contributed by atoms with Crippen LogP contribution >= 0.6 is 15.9 Å². The summed E-state index contributed by atoms with van der Waals surface area (Å²) in [6.45, 7) is 1.28. The highest BCUT2D eigenvalue weighted by molar-refractivity contribution is 9.10. The number of methoxy groups -OCH3 is 1. The molecule has 2 aromatic rings. The van der Waals surface area contributed by atoms with E-state index in [2.05, 4.69) is 38.5 Å². The highest BCUT2D eigenvalue weighted by Gasteiger charge is 2.05. The van der Waals surface area contributed by atoms with E-state index in [1.165, 1.54) is 5.56 Å². The first-order valence-corrected chi connectivity index (χ1v) is 8.52. The van der Waals surface area contributed by atoms with Crippen molar-refractivity contribution in [3.8, 4) is 0 Å². The van der Waals surface area contributed by atoms with Crippen LogP contribution in [0.4, 0.5) is 5.69 Å². The van der Waals surface area contributed by atoms with E-state index in [1.807, 2.05) is 18.3 Å². The molecule has 0 spiro atoms. The van der Waals surface area contributed by atoms with Gasteiger partial charge in [-0.25, -0.2) is 0 Å². The lowest BCUT2D eigenvalue weighted by molar-refractivity contribution is -0.116. The first-order chi connectivity index (χ1) is 11.2. The fourth-order valence-electron chi connectivity index (χ4n) is 2.22. The molecule has 1 N–H and O–H groups in total. The van der Waals surface area contributed by atoms with Crippen LogP contribution in [-0.2, 0) is 22.5 Å². The predicted octanol–water partition coefficient (Wildman–Crippen LogP) is 3.64. The topological polar surface area (TPSA) is 56.1 Å². The van der Waals surface area contributed by atoms with Gasteiger partial charge < -0.3 is 10.1 Å². The number of amides is 1. The lowest BCUT2D eigenvalue weighted by Crippen LogP contribution is -2.10. The number of hydrogen-bond acceptors (Lipinski definition) is 3. The van der Waals surface area contributed by atoms with Gasteiger partial charge in [0, 0.05) is 24.2 Å². The van der Waals surface area contributed by atoms with Crippen LogP contribution in [0.1, 0.15) is 24.8 Å². The number of hydrogen-bond donors (Lipinski definition) is 1. The number of anilines is 1. The Kier molecular flexibility index (Phi) is 7.29. The molecule has 1 amide bonds. The van der Waals surface area contributed by atoms with Crippen molar-refractivity contribution < 1.29 is 9.53 Å². The molecule has 1 aromatic heterocycles. The van der Waals surface area contributed by atoms with Crippen LogP contribution in [0.2, 0.25) is 0 Å². The molecular formula is C17H22BrN3O2. The van der Waals surface area contributed by atoms with E-state index in [9.17, 15) is 4.79 Å². The number of unbranched alkanes of at least 4 members (excludes halogenated alkanes) is 1. The SMILES string of the molecule is COCCn1cc(NC(=O)CCCCc2ccc(Br)cc2)cn1. The predicted molar refractivity (Wildman–Crippen MR) is 94.4 cm³/mol. The standard InChI is InChI=1S/C17H22BrN3O2/c1-23-11-10-21-13-16(12-19-21)20-17(22)5-3-2-4-14-6-8-15(18)9-7-14/h6-9,12-13H,2-5,10-11H2,1H3,(H,20,22). The van der Waals surface area contributed by atoms with E-state index in [0.717, 1.165) is 29.4 Å². The van der Waals surface area contributed by atoms with Gasteiger partial charge in [-0.3, -0.25) is 9.48 Å². The summed E-state index contributed by atoms with van der Waals surface area (Å²) in [6.07, 6.45) is 6.88. The summed E-state index contributed by atoms with van der Waals surface area (Å²) in [6, 6.07) is 8.31. The van der Waals surface area contributed by atoms with Gasteiger partial charge >= 0.3 is 0 Å². The lowest BCUT2D eigenvalue weighted by atomic mass is 10.1. The van der Waals surface area contributed by atoms with E-state index in [0.29, 0.717) is 19.6 Å². The summed E-state index contributed by atoms with van der Waals surface area (Å²) >= 11 is 3.43. The number of nitrogens with zero attached hydrogens (tertiary/aromatic N) is 2. The van der Waals surface area contributed by atoms with Gasteiger partial charge in [-0.2, -0.15) is 5.10 Å². The number of nitrogens with one attached hydrogen (secondary N) is 1. The van der Waals surface area contributed by atoms with Crippen molar-refractivity contribution >= 4 is 27.5 Å². The van der Waals surface area contributed by atoms with Crippen LogP contribution in [-0.4, -0.2) is 29.4 Å². The molecule has 23 heavy (non-hydrogen) atoms. The van der Waals surface area contributed by atoms with Gasteiger partial charge in [0.05, 0.1) is 25.0 Å². The second-order valence-corrected chi connectivity index (χ2v) is 6.28. The Morgan fingerprint density at radius 1 is 1.30 bits per heavy atom. The summed E-state index contributed by atoms with van der Waals surface area (Å²) in [5.74, 6) is 0.0343. The molecule has 0 aliphatic rings. The average molecular weight is 380 g/mol. The Bertz CT molecular complexity index is 611. The third-order valence-corrected chi connectivity index (χ3v) is 4.00. The second-order valence-electron chi connectivity index (χ2n) is 5.37. The Balaban J connectivity index is 1.64. The quantitative estimate of drug-likeness (QED) is 0.676. The van der Waals surface area contributed by atoms with Gasteiger partial charge in [0.1, 0.15) is 0 Å². The first-order valence-electron chi connectivity index (χ1n) is 7.73. The minimum atomic E-state index is 0.0343. The van der Waals surface area contributed by atoms with Crippen LogP contribution in [0.5, 0.6) is 0 Å². The van der Waals surface area contributed by atoms with Crippen LogP contribution in [0.3, 0.4) is 0 Å². The van der Waals surface area contributed by atoms with Crippen molar-refractivity contribution in [2.75, 3.05) is 19.0 Å². The van der Waals surface area contributed by atoms with Crippen molar-refractivity contribution in [1.29, 1.82) is 0 Å². The maximum absolute atomic E-state index is 11.9. The first kappa shape index (κ1) is 17.7. The van der Waals surface area contributed by atoms with Crippen molar-refractivity contribution in [3.63, 3.8) is 0 Å². The molecule has 1 heterocycles. The molecule has 0 fully saturated rings. The van der Waals surface area contributed by atoms with Crippen molar-refractivity contribution in [2.24, 2.45) is 0 Å². The molecule has 0 aliphatic carbocycles. The molecule has 5 nitrogen and oxygen atoms in total. The van der Waals surface area contributed by atoms with Crippen LogP contribution < -0.4 is 5.32 Å². The van der Waals surface area contributed by atoms with E-state index in [1.54, 1.807) is 18.0 Å². The van der Waals surface area contributed by atoms with Gasteiger partial charge in [0.2, 0.25) is 5.91 Å². The van der Waals surface area contributed by atoms with Crippen LogP contribution in [0, 0.1) is 0 Å². The number of benzene rings is 1. The van der Waals surface area contributed by atoms with Gasteiger partial charge in [0.25, 0.3) is 0 Å². The number of carbonyl (C=O) groups excluding carboxylic acids is 1. The smallest absolute Gasteiger partial charge is 0.224 e. The maximum Gasteiger partial charge on any atom is 0.224 e. The fraction of sp³-hybridized carbons (Fsp3) is 0.412. The Labute approximate surface area is 145 Å². The molecule has 0 saturated heterocycles. The van der Waals surface area contributed by atoms with Gasteiger partial charge in [0.15, 0.2) is 0 Å². The largest absolute Gasteiger partial charge is 0.383 e. The average Bonchev–Trinajstić information content (AvgIpc) is 2.98. The molecule has 0 atom stereocenters. The molecule has 124 valence electrons. The molecule has 6 heteroatoms.